The normalized spacial score (nSPS) is 10.6. The zero-order valence-corrected chi connectivity index (χ0v) is 10.5. The van der Waals surface area contributed by atoms with E-state index in [9.17, 15) is 0 Å². The van der Waals surface area contributed by atoms with Crippen LogP contribution in [0.5, 0.6) is 0 Å². The summed E-state index contributed by atoms with van der Waals surface area (Å²) in [5.41, 5.74) is 9.13. The maximum absolute atomic E-state index is 6.00. The molecule has 2 N–H and O–H groups in total. The highest BCUT2D eigenvalue weighted by Crippen LogP contribution is 2.22. The van der Waals surface area contributed by atoms with Gasteiger partial charge in [-0.05, 0) is 36.8 Å². The van der Waals surface area contributed by atoms with E-state index in [0.717, 1.165) is 17.1 Å². The summed E-state index contributed by atoms with van der Waals surface area (Å²) in [5, 5.41) is 4.46. The van der Waals surface area contributed by atoms with E-state index in [-0.39, 0.29) is 0 Å². The van der Waals surface area contributed by atoms with Crippen LogP contribution in [-0.2, 0) is 0 Å². The number of nitrogens with zero attached hydrogens (tertiary/aromatic N) is 4. The van der Waals surface area contributed by atoms with Crippen molar-refractivity contribution in [3.63, 3.8) is 0 Å². The Labute approximate surface area is 110 Å². The van der Waals surface area contributed by atoms with Gasteiger partial charge in [0.1, 0.15) is 5.69 Å². The molecule has 0 fully saturated rings. The summed E-state index contributed by atoms with van der Waals surface area (Å²) in [6.07, 6.45) is 5.23. The predicted molar refractivity (Wildman–Crippen MR) is 73.7 cm³/mol. The van der Waals surface area contributed by atoms with Crippen molar-refractivity contribution in [2.24, 2.45) is 0 Å². The largest absolute Gasteiger partial charge is 0.396 e. The molecule has 0 aliphatic rings. The average molecular weight is 251 g/mol. The predicted octanol–water partition coefficient (Wildman–Crippen LogP) is 2.22. The number of aromatic nitrogens is 4. The van der Waals surface area contributed by atoms with E-state index in [1.165, 1.54) is 0 Å². The second kappa shape index (κ2) is 4.53. The van der Waals surface area contributed by atoms with E-state index in [1.54, 1.807) is 23.3 Å². The molecule has 0 amide bonds. The van der Waals surface area contributed by atoms with Gasteiger partial charge in [-0.3, -0.25) is 4.98 Å². The van der Waals surface area contributed by atoms with Crippen molar-refractivity contribution >= 4 is 5.69 Å². The van der Waals surface area contributed by atoms with Crippen LogP contribution in [0.4, 0.5) is 5.69 Å². The Morgan fingerprint density at radius 1 is 1.11 bits per heavy atom. The van der Waals surface area contributed by atoms with Crippen LogP contribution in [0, 0.1) is 6.92 Å². The Kier molecular flexibility index (Phi) is 2.72. The topological polar surface area (TPSA) is 69.6 Å². The number of rotatable bonds is 2. The maximum Gasteiger partial charge on any atom is 0.153 e. The van der Waals surface area contributed by atoms with Crippen LogP contribution >= 0.6 is 0 Å². The van der Waals surface area contributed by atoms with Crippen molar-refractivity contribution in [1.82, 2.24) is 19.7 Å². The van der Waals surface area contributed by atoms with E-state index in [4.69, 9.17) is 5.73 Å². The van der Waals surface area contributed by atoms with E-state index < -0.39 is 0 Å². The van der Waals surface area contributed by atoms with Gasteiger partial charge in [-0.2, -0.15) is 5.10 Å². The fourth-order valence-electron chi connectivity index (χ4n) is 1.85. The molecule has 3 aromatic heterocycles. The molecular weight excluding hydrogens is 238 g/mol. The number of anilines is 1. The maximum atomic E-state index is 6.00. The number of pyridine rings is 2. The molecule has 0 atom stereocenters. The minimum absolute atomic E-state index is 0.585. The first-order valence-electron chi connectivity index (χ1n) is 5.93. The number of hydrogen-bond acceptors (Lipinski definition) is 4. The van der Waals surface area contributed by atoms with Gasteiger partial charge in [0.05, 0.1) is 17.6 Å². The van der Waals surface area contributed by atoms with E-state index in [0.29, 0.717) is 11.4 Å². The van der Waals surface area contributed by atoms with Crippen LogP contribution in [0.15, 0.2) is 48.9 Å². The summed E-state index contributed by atoms with van der Waals surface area (Å²) in [4.78, 5) is 8.54. The third-order valence-corrected chi connectivity index (χ3v) is 2.79. The van der Waals surface area contributed by atoms with Gasteiger partial charge >= 0.3 is 0 Å². The summed E-state index contributed by atoms with van der Waals surface area (Å²) in [5.74, 6) is 0.744. The summed E-state index contributed by atoms with van der Waals surface area (Å²) in [7, 11) is 0. The van der Waals surface area contributed by atoms with Crippen molar-refractivity contribution in [1.29, 1.82) is 0 Å². The highest BCUT2D eigenvalue weighted by atomic mass is 15.3. The average Bonchev–Trinajstić information content (AvgIpc) is 2.82. The molecule has 3 aromatic rings. The fourth-order valence-corrected chi connectivity index (χ4v) is 1.85. The summed E-state index contributed by atoms with van der Waals surface area (Å²) in [6, 6.07) is 9.54. The molecule has 5 nitrogen and oxygen atoms in total. The molecule has 0 aliphatic carbocycles. The van der Waals surface area contributed by atoms with Gasteiger partial charge in [0.25, 0.3) is 0 Å². The highest BCUT2D eigenvalue weighted by Gasteiger charge is 2.10. The van der Waals surface area contributed by atoms with Crippen molar-refractivity contribution in [2.45, 2.75) is 6.92 Å². The van der Waals surface area contributed by atoms with Gasteiger partial charge in [-0.15, -0.1) is 0 Å². The Hall–Kier alpha value is -2.69. The van der Waals surface area contributed by atoms with Gasteiger partial charge in [0.2, 0.25) is 0 Å². The highest BCUT2D eigenvalue weighted by molar-refractivity contribution is 5.69. The van der Waals surface area contributed by atoms with E-state index in [2.05, 4.69) is 15.1 Å². The molecule has 0 radical (unpaired) electrons. The van der Waals surface area contributed by atoms with Gasteiger partial charge in [0, 0.05) is 12.4 Å². The zero-order valence-electron chi connectivity index (χ0n) is 10.5. The molecule has 0 aromatic carbocycles. The Balaban J connectivity index is 2.07. The molecule has 0 saturated carbocycles. The monoisotopic (exact) mass is 251 g/mol. The lowest BCUT2D eigenvalue weighted by molar-refractivity contribution is 0.847. The SMILES string of the molecule is Cc1ccnc(-n2cc(N)c(-c3ccccn3)n2)c1. The Morgan fingerprint density at radius 3 is 2.74 bits per heavy atom. The first-order valence-corrected chi connectivity index (χ1v) is 5.93. The van der Waals surface area contributed by atoms with Gasteiger partial charge in [-0.25, -0.2) is 9.67 Å². The second-order valence-corrected chi connectivity index (χ2v) is 4.28. The van der Waals surface area contributed by atoms with Crippen LogP contribution in [0.3, 0.4) is 0 Å². The van der Waals surface area contributed by atoms with Crippen molar-refractivity contribution in [2.75, 3.05) is 5.73 Å². The minimum atomic E-state index is 0.585. The third kappa shape index (κ3) is 2.18. The quantitative estimate of drug-likeness (QED) is 0.758. The summed E-state index contributed by atoms with van der Waals surface area (Å²) in [6.45, 7) is 2.01. The summed E-state index contributed by atoms with van der Waals surface area (Å²) >= 11 is 0. The van der Waals surface area contributed by atoms with Gasteiger partial charge < -0.3 is 5.73 Å². The Morgan fingerprint density at radius 2 is 2.00 bits per heavy atom. The molecule has 3 heterocycles. The number of nitrogen functional groups attached to an aromatic ring is 1. The lowest BCUT2D eigenvalue weighted by atomic mass is 10.2. The van der Waals surface area contributed by atoms with Gasteiger partial charge in [-0.1, -0.05) is 6.07 Å². The number of aryl methyl sites for hydroxylation is 1. The molecule has 0 unspecified atom stereocenters. The lowest BCUT2D eigenvalue weighted by Gasteiger charge is -2.00. The van der Waals surface area contributed by atoms with Crippen LogP contribution in [0.2, 0.25) is 0 Å². The standard InChI is InChI=1S/C14H13N5/c1-10-5-7-17-13(8-10)19-9-11(15)14(18-19)12-4-2-3-6-16-12/h2-9H,15H2,1H3. The summed E-state index contributed by atoms with van der Waals surface area (Å²) < 4.78 is 1.67. The molecule has 0 spiro atoms. The molecule has 3 rings (SSSR count). The molecule has 0 aliphatic heterocycles. The van der Waals surface area contributed by atoms with E-state index in [1.807, 2.05) is 37.3 Å². The molecular formula is C14H13N5. The zero-order chi connectivity index (χ0) is 13.2. The second-order valence-electron chi connectivity index (χ2n) is 4.28. The smallest absolute Gasteiger partial charge is 0.153 e. The third-order valence-electron chi connectivity index (χ3n) is 2.79. The van der Waals surface area contributed by atoms with Crippen LogP contribution in [0.1, 0.15) is 5.56 Å². The van der Waals surface area contributed by atoms with Crippen molar-refractivity contribution in [3.05, 3.63) is 54.5 Å². The Bertz CT molecular complexity index is 703. The fraction of sp³-hybridized carbons (Fsp3) is 0.0714. The molecule has 0 saturated heterocycles. The number of hydrogen-bond donors (Lipinski definition) is 1. The van der Waals surface area contributed by atoms with Crippen LogP contribution in [0.25, 0.3) is 17.2 Å². The first-order chi connectivity index (χ1) is 9.24. The number of nitrogens with two attached hydrogens (primary N) is 1. The molecule has 94 valence electrons. The van der Waals surface area contributed by atoms with Gasteiger partial charge in [0.15, 0.2) is 5.82 Å². The van der Waals surface area contributed by atoms with Crippen LogP contribution < -0.4 is 5.73 Å². The van der Waals surface area contributed by atoms with Crippen molar-refractivity contribution < 1.29 is 0 Å². The molecule has 5 heteroatoms. The minimum Gasteiger partial charge on any atom is -0.396 e. The van der Waals surface area contributed by atoms with E-state index >= 15 is 0 Å². The van der Waals surface area contributed by atoms with Crippen LogP contribution in [-0.4, -0.2) is 19.7 Å². The lowest BCUT2D eigenvalue weighted by Crippen LogP contribution is -1.98. The molecule has 19 heavy (non-hydrogen) atoms. The molecule has 0 bridgehead atoms. The first kappa shape index (κ1) is 11.4. The van der Waals surface area contributed by atoms with Crippen molar-refractivity contribution in [3.8, 4) is 17.2 Å².